The van der Waals surface area contributed by atoms with Crippen LogP contribution in [0.4, 0.5) is 0 Å². The van der Waals surface area contributed by atoms with Crippen LogP contribution >= 0.6 is 23.2 Å². The third-order valence-corrected chi connectivity index (χ3v) is 7.20. The summed E-state index contributed by atoms with van der Waals surface area (Å²) in [6, 6.07) is 28.6. The first-order valence-electron chi connectivity index (χ1n) is 13.2. The van der Waals surface area contributed by atoms with E-state index in [1.54, 1.807) is 17.0 Å². The summed E-state index contributed by atoms with van der Waals surface area (Å²) in [6.07, 6.45) is 1.20. The topological polar surface area (TPSA) is 49.4 Å². The van der Waals surface area contributed by atoms with Crippen LogP contribution in [0.2, 0.25) is 10.0 Å². The molecule has 4 nitrogen and oxygen atoms in total. The lowest BCUT2D eigenvalue weighted by atomic mass is 9.98. The second kappa shape index (κ2) is 12.7. The fourth-order valence-corrected chi connectivity index (χ4v) is 5.20. The van der Waals surface area contributed by atoms with Crippen LogP contribution in [0.1, 0.15) is 43.9 Å². The molecular formula is C33H34Cl2N2O2. The van der Waals surface area contributed by atoms with Crippen molar-refractivity contribution in [1.82, 2.24) is 10.2 Å². The Morgan fingerprint density at radius 3 is 2.26 bits per heavy atom. The second-order valence-electron chi connectivity index (χ2n) is 10.8. The number of carbonyl (C=O) groups is 2. The van der Waals surface area contributed by atoms with Gasteiger partial charge in [-0.05, 0) is 66.8 Å². The molecule has 1 N–H and O–H groups in total. The van der Waals surface area contributed by atoms with Crippen LogP contribution in [0.25, 0.3) is 10.8 Å². The summed E-state index contributed by atoms with van der Waals surface area (Å²) in [6.45, 7) is 6.01. The number of nitrogens with zero attached hydrogens (tertiary/aromatic N) is 1. The van der Waals surface area contributed by atoms with Crippen LogP contribution in [0.3, 0.4) is 0 Å². The van der Waals surface area contributed by atoms with E-state index in [2.05, 4.69) is 29.6 Å². The van der Waals surface area contributed by atoms with Gasteiger partial charge in [-0.3, -0.25) is 9.59 Å². The number of amides is 2. The number of benzene rings is 4. The Hall–Kier alpha value is -3.34. The Morgan fingerprint density at radius 1 is 0.846 bits per heavy atom. The Balaban J connectivity index is 1.68. The molecule has 0 spiro atoms. The summed E-state index contributed by atoms with van der Waals surface area (Å²) in [5, 5.41) is 6.34. The molecule has 0 fully saturated rings. The molecule has 4 aromatic carbocycles. The van der Waals surface area contributed by atoms with Crippen molar-refractivity contribution in [1.29, 1.82) is 0 Å². The largest absolute Gasteiger partial charge is 0.350 e. The summed E-state index contributed by atoms with van der Waals surface area (Å²) < 4.78 is 0. The molecule has 2 amide bonds. The van der Waals surface area contributed by atoms with E-state index in [0.717, 1.165) is 27.5 Å². The van der Waals surface area contributed by atoms with Gasteiger partial charge >= 0.3 is 0 Å². The van der Waals surface area contributed by atoms with Crippen LogP contribution in [0, 0.1) is 0 Å². The minimum Gasteiger partial charge on any atom is -0.350 e. The normalized spacial score (nSPS) is 12.2. The summed E-state index contributed by atoms with van der Waals surface area (Å²) in [5.41, 5.74) is 2.35. The molecule has 0 saturated carbocycles. The number of rotatable bonds is 9. The molecule has 0 aliphatic rings. The van der Waals surface area contributed by atoms with E-state index in [0.29, 0.717) is 22.9 Å². The molecule has 39 heavy (non-hydrogen) atoms. The minimum atomic E-state index is -0.724. The number of hydrogen-bond donors (Lipinski definition) is 1. The molecule has 4 rings (SSSR count). The molecule has 1 atom stereocenters. The van der Waals surface area contributed by atoms with Gasteiger partial charge in [-0.2, -0.15) is 0 Å². The predicted molar refractivity (Wildman–Crippen MR) is 161 cm³/mol. The van der Waals surface area contributed by atoms with Crippen LogP contribution in [-0.2, 0) is 29.0 Å². The highest BCUT2D eigenvalue weighted by Gasteiger charge is 2.32. The van der Waals surface area contributed by atoms with Crippen LogP contribution in [0.5, 0.6) is 0 Å². The van der Waals surface area contributed by atoms with Crippen molar-refractivity contribution in [2.75, 3.05) is 0 Å². The molecular weight excluding hydrogens is 527 g/mol. The zero-order chi connectivity index (χ0) is 28.0. The fourth-order valence-electron chi connectivity index (χ4n) is 4.74. The predicted octanol–water partition coefficient (Wildman–Crippen LogP) is 7.63. The van der Waals surface area contributed by atoms with Gasteiger partial charge in [-0.25, -0.2) is 0 Å². The van der Waals surface area contributed by atoms with Crippen molar-refractivity contribution in [3.8, 4) is 0 Å². The van der Waals surface area contributed by atoms with E-state index < -0.39 is 11.6 Å². The molecule has 0 aromatic heterocycles. The SMILES string of the molecule is CC(C)(C)NC(=O)[C@@H](Cc1ccccc1)N(Cc1ccc(Cl)cc1Cl)C(=O)CCc1cccc2ccccc12. The third kappa shape index (κ3) is 7.84. The maximum atomic E-state index is 14.0. The zero-order valence-corrected chi connectivity index (χ0v) is 24.1. The molecule has 0 saturated heterocycles. The maximum Gasteiger partial charge on any atom is 0.243 e. The van der Waals surface area contributed by atoms with Gasteiger partial charge in [-0.15, -0.1) is 0 Å². The highest BCUT2D eigenvalue weighted by atomic mass is 35.5. The number of aryl methyl sites for hydroxylation is 1. The summed E-state index contributed by atoms with van der Waals surface area (Å²) >= 11 is 12.7. The van der Waals surface area contributed by atoms with Gasteiger partial charge in [0.05, 0.1) is 0 Å². The first-order chi connectivity index (χ1) is 18.6. The van der Waals surface area contributed by atoms with Crippen molar-refractivity contribution in [2.45, 2.75) is 58.2 Å². The monoisotopic (exact) mass is 560 g/mol. The smallest absolute Gasteiger partial charge is 0.243 e. The number of halogens is 2. The molecule has 202 valence electrons. The lowest BCUT2D eigenvalue weighted by Crippen LogP contribution is -2.54. The molecule has 0 unspecified atom stereocenters. The van der Waals surface area contributed by atoms with Crippen molar-refractivity contribution in [3.63, 3.8) is 0 Å². The Morgan fingerprint density at radius 2 is 1.54 bits per heavy atom. The average molecular weight is 562 g/mol. The third-order valence-electron chi connectivity index (χ3n) is 6.61. The standard InChI is InChI=1S/C33H34Cl2N2O2/c1-33(2,3)36-32(39)30(20-23-10-5-4-6-11-23)37(22-26-16-18-27(34)21-29(26)35)31(38)19-17-25-14-9-13-24-12-7-8-15-28(24)25/h4-16,18,21,30H,17,19-20,22H2,1-3H3,(H,36,39)/t30-/m1/s1. The van der Waals surface area contributed by atoms with E-state index in [1.807, 2.05) is 75.4 Å². The Bertz CT molecular complexity index is 1440. The number of fused-ring (bicyclic) bond motifs is 1. The highest BCUT2D eigenvalue weighted by molar-refractivity contribution is 6.35. The quantitative estimate of drug-likeness (QED) is 0.228. The van der Waals surface area contributed by atoms with Gasteiger partial charge in [0.15, 0.2) is 0 Å². The van der Waals surface area contributed by atoms with Crippen molar-refractivity contribution < 1.29 is 9.59 Å². The Labute approximate surface area is 240 Å². The van der Waals surface area contributed by atoms with E-state index in [-0.39, 0.29) is 24.8 Å². The maximum absolute atomic E-state index is 14.0. The lowest BCUT2D eigenvalue weighted by Gasteiger charge is -2.34. The molecule has 0 heterocycles. The van der Waals surface area contributed by atoms with E-state index in [9.17, 15) is 9.59 Å². The molecule has 0 aliphatic carbocycles. The molecule has 0 radical (unpaired) electrons. The number of carbonyl (C=O) groups excluding carboxylic acids is 2. The summed E-state index contributed by atoms with van der Waals surface area (Å²) in [4.78, 5) is 29.4. The first-order valence-corrected chi connectivity index (χ1v) is 13.9. The second-order valence-corrected chi connectivity index (χ2v) is 11.7. The van der Waals surface area contributed by atoms with Gasteiger partial charge in [0.25, 0.3) is 0 Å². The first kappa shape index (κ1) is 28.7. The fraction of sp³-hybridized carbons (Fsp3) is 0.273. The molecule has 0 bridgehead atoms. The van der Waals surface area contributed by atoms with Gasteiger partial charge in [-0.1, -0.05) is 102 Å². The number of nitrogens with one attached hydrogen (secondary N) is 1. The van der Waals surface area contributed by atoms with Crippen LogP contribution in [-0.4, -0.2) is 28.3 Å². The van der Waals surface area contributed by atoms with Crippen molar-refractivity contribution >= 4 is 45.8 Å². The van der Waals surface area contributed by atoms with Crippen LogP contribution < -0.4 is 5.32 Å². The molecule has 0 aliphatic heterocycles. The summed E-state index contributed by atoms with van der Waals surface area (Å²) in [5.74, 6) is -0.311. The van der Waals surface area contributed by atoms with Gasteiger partial charge in [0.1, 0.15) is 6.04 Å². The molecule has 4 aromatic rings. The van der Waals surface area contributed by atoms with E-state index in [4.69, 9.17) is 23.2 Å². The number of hydrogen-bond acceptors (Lipinski definition) is 2. The van der Waals surface area contributed by atoms with Crippen molar-refractivity contribution in [3.05, 3.63) is 118 Å². The van der Waals surface area contributed by atoms with E-state index in [1.165, 1.54) is 0 Å². The van der Waals surface area contributed by atoms with Gasteiger partial charge in [0.2, 0.25) is 11.8 Å². The van der Waals surface area contributed by atoms with Gasteiger partial charge in [0, 0.05) is 35.0 Å². The Kier molecular flexibility index (Phi) is 9.32. The minimum absolute atomic E-state index is 0.112. The lowest BCUT2D eigenvalue weighted by molar-refractivity contribution is -0.141. The zero-order valence-electron chi connectivity index (χ0n) is 22.6. The van der Waals surface area contributed by atoms with Crippen molar-refractivity contribution in [2.24, 2.45) is 0 Å². The van der Waals surface area contributed by atoms with Crippen LogP contribution in [0.15, 0.2) is 91.0 Å². The average Bonchev–Trinajstić information content (AvgIpc) is 2.90. The van der Waals surface area contributed by atoms with Gasteiger partial charge < -0.3 is 10.2 Å². The van der Waals surface area contributed by atoms with E-state index >= 15 is 0 Å². The highest BCUT2D eigenvalue weighted by Crippen LogP contribution is 2.26. The summed E-state index contributed by atoms with van der Waals surface area (Å²) in [7, 11) is 0. The molecule has 6 heteroatoms.